The Morgan fingerprint density at radius 2 is 2.23 bits per heavy atom. The number of nitrogens with zero attached hydrogens (tertiary/aromatic N) is 3. The molecule has 4 rings (SSSR count). The van der Waals surface area contributed by atoms with Crippen molar-refractivity contribution in [1.29, 1.82) is 0 Å². The zero-order valence-electron chi connectivity index (χ0n) is 15.6. The Bertz CT molecular complexity index is 1000. The predicted octanol–water partition coefficient (Wildman–Crippen LogP) is 2.68. The van der Waals surface area contributed by atoms with Gasteiger partial charge in [0.25, 0.3) is 11.7 Å². The Morgan fingerprint density at radius 1 is 1.43 bits per heavy atom. The van der Waals surface area contributed by atoms with Crippen molar-refractivity contribution in [3.8, 4) is 17.1 Å². The average Bonchev–Trinajstić information content (AvgIpc) is 3.03. The fourth-order valence-electron chi connectivity index (χ4n) is 3.44. The van der Waals surface area contributed by atoms with E-state index in [0.29, 0.717) is 17.1 Å². The van der Waals surface area contributed by atoms with Crippen LogP contribution >= 0.6 is 11.8 Å². The van der Waals surface area contributed by atoms with E-state index >= 15 is 0 Å². The van der Waals surface area contributed by atoms with Crippen LogP contribution in [0.2, 0.25) is 0 Å². The van der Waals surface area contributed by atoms with Gasteiger partial charge in [-0.15, -0.1) is 0 Å². The molecule has 2 aliphatic heterocycles. The number of nitrogens with one attached hydrogen (secondary N) is 1. The third-order valence-electron chi connectivity index (χ3n) is 4.84. The number of fused-ring (bicyclic) bond motifs is 3. The number of primary amides is 1. The van der Waals surface area contributed by atoms with Crippen molar-refractivity contribution in [1.82, 2.24) is 9.55 Å². The van der Waals surface area contributed by atoms with E-state index in [2.05, 4.69) is 10.3 Å². The Labute approximate surface area is 173 Å². The van der Waals surface area contributed by atoms with Crippen molar-refractivity contribution >= 4 is 34.4 Å². The molecule has 0 saturated carbocycles. The molecule has 12 heteroatoms. The van der Waals surface area contributed by atoms with Crippen molar-refractivity contribution in [3.63, 3.8) is 0 Å². The molecule has 8 nitrogen and oxygen atoms in total. The smallest absolute Gasteiger partial charge is 0.287 e. The third-order valence-corrected chi connectivity index (χ3v) is 5.72. The zero-order chi connectivity index (χ0) is 21.4. The average molecular weight is 441 g/mol. The SMILES string of the molecule is NC(=O)CNc1ccc2c(c1F)OCCn1cc(N3C(=O)SCCC3C(F)F)nc1-2. The van der Waals surface area contributed by atoms with Crippen molar-refractivity contribution < 1.29 is 27.5 Å². The second-order valence-electron chi connectivity index (χ2n) is 6.76. The number of nitrogens with two attached hydrogens (primary N) is 1. The summed E-state index contributed by atoms with van der Waals surface area (Å²) in [5, 5.41) is 2.10. The molecule has 0 radical (unpaired) electrons. The highest BCUT2D eigenvalue weighted by atomic mass is 32.2. The molecule has 1 saturated heterocycles. The van der Waals surface area contributed by atoms with Crippen LogP contribution in [-0.2, 0) is 11.3 Å². The maximum atomic E-state index is 14.9. The minimum absolute atomic E-state index is 0.0353. The van der Waals surface area contributed by atoms with E-state index in [1.54, 1.807) is 10.6 Å². The number of anilines is 2. The first-order chi connectivity index (χ1) is 14.4. The number of hydrogen-bond acceptors (Lipinski definition) is 6. The third kappa shape index (κ3) is 3.66. The minimum Gasteiger partial charge on any atom is -0.488 e. The van der Waals surface area contributed by atoms with Gasteiger partial charge in [0.1, 0.15) is 18.5 Å². The Hall–Kier alpha value is -2.89. The van der Waals surface area contributed by atoms with Crippen LogP contribution in [0, 0.1) is 5.82 Å². The Balaban J connectivity index is 1.73. The van der Waals surface area contributed by atoms with Gasteiger partial charge in [-0.1, -0.05) is 11.8 Å². The topological polar surface area (TPSA) is 102 Å². The first-order valence-electron chi connectivity index (χ1n) is 9.16. The lowest BCUT2D eigenvalue weighted by molar-refractivity contribution is -0.116. The molecule has 0 bridgehead atoms. The predicted molar refractivity (Wildman–Crippen MR) is 106 cm³/mol. The quantitative estimate of drug-likeness (QED) is 0.740. The second kappa shape index (κ2) is 8.09. The molecule has 160 valence electrons. The fourth-order valence-corrected chi connectivity index (χ4v) is 4.35. The molecule has 0 aliphatic carbocycles. The summed E-state index contributed by atoms with van der Waals surface area (Å²) in [6.45, 7) is 0.139. The van der Waals surface area contributed by atoms with Gasteiger partial charge in [-0.3, -0.25) is 14.5 Å². The fraction of sp³-hybridized carbons (Fsp3) is 0.389. The van der Waals surface area contributed by atoms with Crippen LogP contribution in [0.3, 0.4) is 0 Å². The summed E-state index contributed by atoms with van der Waals surface area (Å²) < 4.78 is 49.1. The summed E-state index contributed by atoms with van der Waals surface area (Å²) in [5.74, 6) is -0.734. The number of amides is 2. The summed E-state index contributed by atoms with van der Waals surface area (Å²) in [7, 11) is 0. The Morgan fingerprint density at radius 3 is 2.97 bits per heavy atom. The summed E-state index contributed by atoms with van der Waals surface area (Å²) in [6.07, 6.45) is -1.05. The molecule has 3 heterocycles. The number of benzene rings is 1. The molecule has 2 aromatic rings. The van der Waals surface area contributed by atoms with E-state index in [-0.39, 0.29) is 43.4 Å². The number of rotatable bonds is 5. The monoisotopic (exact) mass is 441 g/mol. The summed E-state index contributed by atoms with van der Waals surface area (Å²) >= 11 is 0.964. The second-order valence-corrected chi connectivity index (χ2v) is 7.81. The molecule has 2 aliphatic rings. The highest BCUT2D eigenvalue weighted by Crippen LogP contribution is 2.39. The van der Waals surface area contributed by atoms with Crippen LogP contribution in [0.5, 0.6) is 5.75 Å². The normalized spacial score (nSPS) is 18.5. The van der Waals surface area contributed by atoms with Crippen molar-refractivity contribution in [2.75, 3.05) is 29.1 Å². The molecule has 2 amide bonds. The largest absolute Gasteiger partial charge is 0.488 e. The maximum Gasteiger partial charge on any atom is 0.287 e. The number of carbonyl (C=O) groups excluding carboxylic acids is 2. The molecular weight excluding hydrogens is 423 g/mol. The van der Waals surface area contributed by atoms with E-state index in [1.165, 1.54) is 12.3 Å². The lowest BCUT2D eigenvalue weighted by atomic mass is 10.1. The maximum absolute atomic E-state index is 14.9. The zero-order valence-corrected chi connectivity index (χ0v) is 16.4. The highest BCUT2D eigenvalue weighted by Gasteiger charge is 2.38. The molecule has 1 aromatic carbocycles. The molecule has 0 spiro atoms. The van der Waals surface area contributed by atoms with Crippen LogP contribution < -0.4 is 20.7 Å². The molecular formula is C18H18F3N5O3S. The van der Waals surface area contributed by atoms with Gasteiger partial charge < -0.3 is 20.4 Å². The van der Waals surface area contributed by atoms with Gasteiger partial charge in [0.05, 0.1) is 24.3 Å². The van der Waals surface area contributed by atoms with Crippen molar-refractivity contribution in [2.24, 2.45) is 5.73 Å². The number of alkyl halides is 2. The summed E-state index contributed by atoms with van der Waals surface area (Å²) in [4.78, 5) is 28.7. The van der Waals surface area contributed by atoms with Gasteiger partial charge in [-0.2, -0.15) is 0 Å². The van der Waals surface area contributed by atoms with Crippen molar-refractivity contribution in [2.45, 2.75) is 25.4 Å². The lowest BCUT2D eigenvalue weighted by Gasteiger charge is -2.32. The highest BCUT2D eigenvalue weighted by molar-refractivity contribution is 8.14. The standard InChI is InChI=1S/C18H18F3N5O3S/c19-14-10(23-7-12(22)27)2-1-9-15(14)29-5-4-25-8-13(24-17(9)25)26-11(16(20)21)3-6-30-18(26)28/h1-2,8,11,16,23H,3-7H2,(H2,22,27). The Kier molecular flexibility index (Phi) is 5.50. The molecule has 1 fully saturated rings. The van der Waals surface area contributed by atoms with Crippen molar-refractivity contribution in [3.05, 3.63) is 24.1 Å². The molecule has 3 N–H and O–H groups in total. The minimum atomic E-state index is -2.71. The number of carbonyl (C=O) groups is 2. The van der Waals surface area contributed by atoms with Crippen LogP contribution in [0.4, 0.5) is 29.5 Å². The van der Waals surface area contributed by atoms with Gasteiger partial charge >= 0.3 is 0 Å². The van der Waals surface area contributed by atoms with E-state index in [4.69, 9.17) is 10.5 Å². The number of aromatic nitrogens is 2. The van der Waals surface area contributed by atoms with Gasteiger partial charge in [0, 0.05) is 11.9 Å². The molecule has 30 heavy (non-hydrogen) atoms. The van der Waals surface area contributed by atoms with E-state index in [9.17, 15) is 22.8 Å². The van der Waals surface area contributed by atoms with Gasteiger partial charge in [0.15, 0.2) is 17.4 Å². The molecule has 1 aromatic heterocycles. The first-order valence-corrected chi connectivity index (χ1v) is 10.1. The first kappa shape index (κ1) is 20.4. The van der Waals surface area contributed by atoms with Crippen LogP contribution in [0.15, 0.2) is 18.3 Å². The lowest BCUT2D eigenvalue weighted by Crippen LogP contribution is -2.46. The van der Waals surface area contributed by atoms with E-state index in [0.717, 1.165) is 16.7 Å². The number of halogens is 3. The number of hydrogen-bond donors (Lipinski definition) is 2. The van der Waals surface area contributed by atoms with E-state index in [1.807, 2.05) is 0 Å². The van der Waals surface area contributed by atoms with Gasteiger partial charge in [0.2, 0.25) is 5.91 Å². The molecule has 1 atom stereocenters. The van der Waals surface area contributed by atoms with Gasteiger partial charge in [-0.05, 0) is 18.6 Å². The van der Waals surface area contributed by atoms with Crippen LogP contribution in [-0.4, -0.2) is 52.1 Å². The van der Waals surface area contributed by atoms with Gasteiger partial charge in [-0.25, -0.2) is 18.2 Å². The molecule has 1 unspecified atom stereocenters. The van der Waals surface area contributed by atoms with Crippen LogP contribution in [0.25, 0.3) is 11.4 Å². The number of imidazole rings is 1. The summed E-state index contributed by atoms with van der Waals surface area (Å²) in [6, 6.07) is 1.70. The van der Waals surface area contributed by atoms with Crippen LogP contribution in [0.1, 0.15) is 6.42 Å². The van der Waals surface area contributed by atoms with E-state index < -0.39 is 29.4 Å². The number of thioether (sulfide) groups is 1. The number of ether oxygens (including phenoxy) is 1. The summed E-state index contributed by atoms with van der Waals surface area (Å²) in [5.41, 5.74) is 5.42.